The van der Waals surface area contributed by atoms with Crippen LogP contribution in [0.5, 0.6) is 0 Å². The third-order valence-electron chi connectivity index (χ3n) is 4.06. The van der Waals surface area contributed by atoms with E-state index in [4.69, 9.17) is 0 Å². The van der Waals surface area contributed by atoms with Crippen molar-refractivity contribution in [2.45, 2.75) is 32.9 Å². The lowest BCUT2D eigenvalue weighted by molar-refractivity contribution is -0.123. The van der Waals surface area contributed by atoms with Crippen LogP contribution in [0.4, 0.5) is 0 Å². The topological polar surface area (TPSA) is 58.2 Å². The van der Waals surface area contributed by atoms with Gasteiger partial charge in [-0.15, -0.1) is 0 Å². The van der Waals surface area contributed by atoms with E-state index in [2.05, 4.69) is 10.6 Å². The number of hydrogen-bond donors (Lipinski definition) is 2. The Labute approximate surface area is 159 Å². The minimum atomic E-state index is -0.541. The van der Waals surface area contributed by atoms with Crippen molar-refractivity contribution in [2.24, 2.45) is 0 Å². The maximum atomic E-state index is 12.6. The summed E-state index contributed by atoms with van der Waals surface area (Å²) in [5.74, 6) is 0.434. The molecule has 0 aliphatic rings. The third kappa shape index (κ3) is 6.23. The van der Waals surface area contributed by atoms with Crippen LogP contribution in [0.25, 0.3) is 0 Å². The molecule has 0 saturated carbocycles. The van der Waals surface area contributed by atoms with Gasteiger partial charge in [-0.3, -0.25) is 9.59 Å². The van der Waals surface area contributed by atoms with Crippen molar-refractivity contribution in [3.05, 3.63) is 70.8 Å². The number of carbonyl (C=O) groups excluding carboxylic acids is 2. The molecule has 2 N–H and O–H groups in total. The van der Waals surface area contributed by atoms with Crippen molar-refractivity contribution in [2.75, 3.05) is 12.0 Å². The van der Waals surface area contributed by atoms with Crippen molar-refractivity contribution >= 4 is 23.6 Å². The fourth-order valence-electron chi connectivity index (χ4n) is 2.67. The first-order valence-electron chi connectivity index (χ1n) is 8.69. The molecule has 0 fully saturated rings. The van der Waals surface area contributed by atoms with Gasteiger partial charge in [-0.05, 0) is 50.0 Å². The first-order chi connectivity index (χ1) is 12.5. The van der Waals surface area contributed by atoms with Crippen LogP contribution >= 0.6 is 11.8 Å². The van der Waals surface area contributed by atoms with Gasteiger partial charge in [0.05, 0.1) is 0 Å². The molecule has 0 aromatic heterocycles. The van der Waals surface area contributed by atoms with Crippen molar-refractivity contribution in [3.8, 4) is 0 Å². The molecule has 0 radical (unpaired) electrons. The van der Waals surface area contributed by atoms with Gasteiger partial charge in [0.1, 0.15) is 6.04 Å². The highest BCUT2D eigenvalue weighted by Gasteiger charge is 2.21. The largest absolute Gasteiger partial charge is 0.350 e. The van der Waals surface area contributed by atoms with Gasteiger partial charge in [0.25, 0.3) is 5.91 Å². The molecule has 0 heterocycles. The minimum absolute atomic E-state index is 0.151. The number of thioether (sulfide) groups is 1. The standard InChI is InChI=1S/C21H26N2O2S/c1-15-6-4-8-17(12-15)14-22-21(25)19(10-11-26-3)23-20(24)18-9-5-7-16(2)13-18/h4-9,12-13,19H,10-11,14H2,1-3H3,(H,22,25)(H,23,24). The Morgan fingerprint density at radius 3 is 2.38 bits per heavy atom. The normalized spacial score (nSPS) is 11.7. The monoisotopic (exact) mass is 370 g/mol. The number of benzene rings is 2. The summed E-state index contributed by atoms with van der Waals surface area (Å²) in [6.07, 6.45) is 2.59. The quantitative estimate of drug-likeness (QED) is 0.748. The summed E-state index contributed by atoms with van der Waals surface area (Å²) < 4.78 is 0. The lowest BCUT2D eigenvalue weighted by Crippen LogP contribution is -2.46. The highest BCUT2D eigenvalue weighted by molar-refractivity contribution is 7.98. The van der Waals surface area contributed by atoms with Crippen LogP contribution in [-0.2, 0) is 11.3 Å². The first kappa shape index (κ1) is 20.0. The molecule has 138 valence electrons. The molecule has 2 aromatic rings. The predicted octanol–water partition coefficient (Wildman–Crippen LogP) is 3.47. The molecule has 2 rings (SSSR count). The molecule has 2 amide bonds. The molecule has 0 aliphatic heterocycles. The highest BCUT2D eigenvalue weighted by atomic mass is 32.2. The van der Waals surface area contributed by atoms with E-state index in [-0.39, 0.29) is 11.8 Å². The van der Waals surface area contributed by atoms with Crippen LogP contribution in [0.3, 0.4) is 0 Å². The fraction of sp³-hybridized carbons (Fsp3) is 0.333. The van der Waals surface area contributed by atoms with Gasteiger partial charge < -0.3 is 10.6 Å². The van der Waals surface area contributed by atoms with Gasteiger partial charge in [0, 0.05) is 12.1 Å². The Morgan fingerprint density at radius 2 is 1.73 bits per heavy atom. The van der Waals surface area contributed by atoms with Gasteiger partial charge >= 0.3 is 0 Å². The molecule has 0 spiro atoms. The van der Waals surface area contributed by atoms with Crippen LogP contribution in [-0.4, -0.2) is 29.9 Å². The van der Waals surface area contributed by atoms with Crippen molar-refractivity contribution in [1.29, 1.82) is 0 Å². The average molecular weight is 371 g/mol. The molecule has 4 nitrogen and oxygen atoms in total. The summed E-state index contributed by atoms with van der Waals surface area (Å²) in [6.45, 7) is 4.42. The number of aryl methyl sites for hydroxylation is 2. The van der Waals surface area contributed by atoms with E-state index < -0.39 is 6.04 Å². The van der Waals surface area contributed by atoms with Gasteiger partial charge in [-0.25, -0.2) is 0 Å². The van der Waals surface area contributed by atoms with E-state index in [1.807, 2.05) is 62.6 Å². The zero-order chi connectivity index (χ0) is 18.9. The van der Waals surface area contributed by atoms with E-state index in [1.54, 1.807) is 17.8 Å². The van der Waals surface area contributed by atoms with Crippen molar-refractivity contribution in [1.82, 2.24) is 10.6 Å². The van der Waals surface area contributed by atoms with E-state index >= 15 is 0 Å². The van der Waals surface area contributed by atoms with Gasteiger partial charge in [0.2, 0.25) is 5.91 Å². The summed E-state index contributed by atoms with van der Waals surface area (Å²) in [4.78, 5) is 25.1. The lowest BCUT2D eigenvalue weighted by atomic mass is 10.1. The van der Waals surface area contributed by atoms with Gasteiger partial charge in [-0.1, -0.05) is 47.5 Å². The average Bonchev–Trinajstić information content (AvgIpc) is 2.63. The summed E-state index contributed by atoms with van der Waals surface area (Å²) in [7, 11) is 0. The summed E-state index contributed by atoms with van der Waals surface area (Å²) >= 11 is 1.66. The SMILES string of the molecule is CSCCC(NC(=O)c1cccc(C)c1)C(=O)NCc1cccc(C)c1. The minimum Gasteiger partial charge on any atom is -0.350 e. The molecule has 1 unspecified atom stereocenters. The molecule has 1 atom stereocenters. The van der Waals surface area contributed by atoms with Gasteiger partial charge in [0.15, 0.2) is 0 Å². The van der Waals surface area contributed by atoms with E-state index in [0.717, 1.165) is 22.4 Å². The van der Waals surface area contributed by atoms with E-state index in [1.165, 1.54) is 0 Å². The number of carbonyl (C=O) groups is 2. The van der Waals surface area contributed by atoms with E-state index in [0.29, 0.717) is 18.5 Å². The number of rotatable bonds is 8. The zero-order valence-electron chi connectivity index (χ0n) is 15.5. The number of hydrogen-bond acceptors (Lipinski definition) is 3. The smallest absolute Gasteiger partial charge is 0.251 e. The zero-order valence-corrected chi connectivity index (χ0v) is 16.4. The molecule has 0 aliphatic carbocycles. The molecule has 0 bridgehead atoms. The Morgan fingerprint density at radius 1 is 1.04 bits per heavy atom. The molecular weight excluding hydrogens is 344 g/mol. The Bertz CT molecular complexity index is 761. The Balaban J connectivity index is 2.00. The lowest BCUT2D eigenvalue weighted by Gasteiger charge is -2.18. The molecule has 0 saturated heterocycles. The summed E-state index contributed by atoms with van der Waals surface area (Å²) in [6, 6.07) is 14.9. The highest BCUT2D eigenvalue weighted by Crippen LogP contribution is 2.08. The fourth-order valence-corrected chi connectivity index (χ4v) is 3.14. The second-order valence-corrected chi connectivity index (χ2v) is 7.37. The maximum Gasteiger partial charge on any atom is 0.251 e. The van der Waals surface area contributed by atoms with Crippen LogP contribution in [0.1, 0.15) is 33.5 Å². The molecule has 5 heteroatoms. The third-order valence-corrected chi connectivity index (χ3v) is 4.71. The molecule has 26 heavy (non-hydrogen) atoms. The molecule has 2 aromatic carbocycles. The maximum absolute atomic E-state index is 12.6. The first-order valence-corrected chi connectivity index (χ1v) is 10.1. The number of amides is 2. The van der Waals surface area contributed by atoms with Crippen LogP contribution in [0.2, 0.25) is 0 Å². The summed E-state index contributed by atoms with van der Waals surface area (Å²) in [5.41, 5.74) is 3.79. The van der Waals surface area contributed by atoms with E-state index in [9.17, 15) is 9.59 Å². The van der Waals surface area contributed by atoms with Crippen LogP contribution in [0, 0.1) is 13.8 Å². The number of nitrogens with one attached hydrogen (secondary N) is 2. The van der Waals surface area contributed by atoms with Crippen LogP contribution < -0.4 is 10.6 Å². The Hall–Kier alpha value is -2.27. The van der Waals surface area contributed by atoms with Crippen LogP contribution in [0.15, 0.2) is 48.5 Å². The molecular formula is C21H26N2O2S. The predicted molar refractivity (Wildman–Crippen MR) is 108 cm³/mol. The Kier molecular flexibility index (Phi) is 7.73. The summed E-state index contributed by atoms with van der Waals surface area (Å²) in [5, 5.41) is 5.82. The van der Waals surface area contributed by atoms with Crippen molar-refractivity contribution in [3.63, 3.8) is 0 Å². The van der Waals surface area contributed by atoms with Gasteiger partial charge in [-0.2, -0.15) is 11.8 Å². The van der Waals surface area contributed by atoms with Crippen molar-refractivity contribution < 1.29 is 9.59 Å². The second-order valence-electron chi connectivity index (χ2n) is 6.38. The second kappa shape index (κ2) is 10.0.